The number of halogens is 1. The molecule has 1 aromatic heterocycles. The Labute approximate surface area is 189 Å². The van der Waals surface area contributed by atoms with E-state index < -0.39 is 0 Å². The van der Waals surface area contributed by atoms with Crippen molar-refractivity contribution < 1.29 is 9.47 Å². The first-order chi connectivity index (χ1) is 15.6. The van der Waals surface area contributed by atoms with E-state index in [9.17, 15) is 5.26 Å². The van der Waals surface area contributed by atoms with E-state index in [1.807, 2.05) is 31.2 Å². The van der Waals surface area contributed by atoms with Crippen molar-refractivity contribution in [3.63, 3.8) is 0 Å². The molecule has 32 heavy (non-hydrogen) atoms. The van der Waals surface area contributed by atoms with Crippen LogP contribution in [0.1, 0.15) is 18.1 Å². The standard InChI is InChI=1S/C24H16ClN5O2/c1-2-31-21-12-16(14-27)11-19(25)22(21)32-23-18-5-3-4-6-20(18)29-24(30-23)28-17-9-7-15(13-26)8-10-17/h3-12H,2H2,1H3,(H,28,29,30). The van der Waals surface area contributed by atoms with Crippen LogP contribution in [0.15, 0.2) is 60.7 Å². The molecule has 0 spiro atoms. The summed E-state index contributed by atoms with van der Waals surface area (Å²) in [6.07, 6.45) is 0. The van der Waals surface area contributed by atoms with Crippen LogP contribution in [0.3, 0.4) is 0 Å². The van der Waals surface area contributed by atoms with Gasteiger partial charge in [-0.3, -0.25) is 0 Å². The first kappa shape index (κ1) is 20.9. The SMILES string of the molecule is CCOc1cc(C#N)cc(Cl)c1Oc1nc(Nc2ccc(C#N)cc2)nc2ccccc12. The van der Waals surface area contributed by atoms with Crippen molar-refractivity contribution in [1.82, 2.24) is 9.97 Å². The van der Waals surface area contributed by atoms with Gasteiger partial charge in [0.25, 0.3) is 0 Å². The Morgan fingerprint density at radius 2 is 1.72 bits per heavy atom. The molecule has 0 fully saturated rings. The Hall–Kier alpha value is -4.33. The number of hydrogen-bond acceptors (Lipinski definition) is 7. The summed E-state index contributed by atoms with van der Waals surface area (Å²) in [5.74, 6) is 1.20. The predicted molar refractivity (Wildman–Crippen MR) is 121 cm³/mol. The van der Waals surface area contributed by atoms with E-state index in [0.29, 0.717) is 40.3 Å². The fourth-order valence-electron chi connectivity index (χ4n) is 3.03. The summed E-state index contributed by atoms with van der Waals surface area (Å²) in [6, 6.07) is 21.6. The Bertz CT molecular complexity index is 1370. The molecule has 4 aromatic rings. The van der Waals surface area contributed by atoms with Crippen molar-refractivity contribution in [3.8, 4) is 29.5 Å². The predicted octanol–water partition coefficient (Wildman–Crippen LogP) is 5.96. The highest BCUT2D eigenvalue weighted by Crippen LogP contribution is 2.41. The van der Waals surface area contributed by atoms with E-state index in [1.165, 1.54) is 6.07 Å². The highest BCUT2D eigenvalue weighted by molar-refractivity contribution is 6.32. The first-order valence-corrected chi connectivity index (χ1v) is 10.1. The number of nitrogens with zero attached hydrogens (tertiary/aromatic N) is 4. The minimum atomic E-state index is 0.233. The van der Waals surface area contributed by atoms with Crippen LogP contribution in [0.4, 0.5) is 11.6 Å². The van der Waals surface area contributed by atoms with Gasteiger partial charge < -0.3 is 14.8 Å². The van der Waals surface area contributed by atoms with Crippen LogP contribution in [0.25, 0.3) is 10.9 Å². The Morgan fingerprint density at radius 3 is 2.44 bits per heavy atom. The molecule has 0 radical (unpaired) electrons. The second-order valence-corrected chi connectivity index (χ2v) is 7.02. The van der Waals surface area contributed by atoms with Gasteiger partial charge in [-0.25, -0.2) is 4.98 Å². The van der Waals surface area contributed by atoms with Gasteiger partial charge in [-0.15, -0.1) is 0 Å². The van der Waals surface area contributed by atoms with Gasteiger partial charge in [-0.2, -0.15) is 15.5 Å². The van der Waals surface area contributed by atoms with Crippen LogP contribution in [0.5, 0.6) is 17.4 Å². The van der Waals surface area contributed by atoms with Crippen LogP contribution in [-0.2, 0) is 0 Å². The average Bonchev–Trinajstić information content (AvgIpc) is 2.81. The van der Waals surface area contributed by atoms with E-state index in [4.69, 9.17) is 26.3 Å². The number of fused-ring (bicyclic) bond motifs is 1. The third-order valence-corrected chi connectivity index (χ3v) is 4.76. The van der Waals surface area contributed by atoms with Crippen LogP contribution in [0, 0.1) is 22.7 Å². The number of hydrogen-bond donors (Lipinski definition) is 1. The fourth-order valence-corrected chi connectivity index (χ4v) is 3.28. The number of benzene rings is 3. The van der Waals surface area contributed by atoms with E-state index in [2.05, 4.69) is 27.4 Å². The molecule has 0 amide bonds. The molecular formula is C24H16ClN5O2. The lowest BCUT2D eigenvalue weighted by atomic mass is 10.2. The zero-order chi connectivity index (χ0) is 22.5. The van der Waals surface area contributed by atoms with Gasteiger partial charge in [0.1, 0.15) is 0 Å². The number of nitrogens with one attached hydrogen (secondary N) is 1. The van der Waals surface area contributed by atoms with Crippen molar-refractivity contribution in [2.75, 3.05) is 11.9 Å². The smallest absolute Gasteiger partial charge is 0.232 e. The minimum absolute atomic E-state index is 0.233. The highest BCUT2D eigenvalue weighted by Gasteiger charge is 2.17. The lowest BCUT2D eigenvalue weighted by Gasteiger charge is -2.15. The van der Waals surface area contributed by atoms with E-state index >= 15 is 0 Å². The maximum Gasteiger partial charge on any atom is 0.232 e. The van der Waals surface area contributed by atoms with Gasteiger partial charge in [0.2, 0.25) is 11.8 Å². The molecule has 0 saturated heterocycles. The first-order valence-electron chi connectivity index (χ1n) is 9.69. The number of nitriles is 2. The van der Waals surface area contributed by atoms with Gasteiger partial charge in [-0.05, 0) is 49.4 Å². The molecule has 0 aliphatic carbocycles. The molecule has 3 aromatic carbocycles. The average molecular weight is 442 g/mol. The van der Waals surface area contributed by atoms with Gasteiger partial charge in [0.05, 0.1) is 45.8 Å². The van der Waals surface area contributed by atoms with Crippen LogP contribution in [-0.4, -0.2) is 16.6 Å². The topological polar surface area (TPSA) is 104 Å². The van der Waals surface area contributed by atoms with Crippen molar-refractivity contribution in [2.24, 2.45) is 0 Å². The van der Waals surface area contributed by atoms with E-state index in [-0.39, 0.29) is 16.7 Å². The lowest BCUT2D eigenvalue weighted by Crippen LogP contribution is -2.02. The molecule has 0 atom stereocenters. The maximum atomic E-state index is 9.23. The van der Waals surface area contributed by atoms with Crippen molar-refractivity contribution in [2.45, 2.75) is 6.92 Å². The third-order valence-electron chi connectivity index (χ3n) is 4.48. The number of ether oxygens (including phenoxy) is 2. The van der Waals surface area contributed by atoms with Gasteiger partial charge >= 0.3 is 0 Å². The second-order valence-electron chi connectivity index (χ2n) is 6.62. The normalized spacial score (nSPS) is 10.2. The molecule has 0 saturated carbocycles. The second kappa shape index (κ2) is 9.22. The van der Waals surface area contributed by atoms with Crippen LogP contribution < -0.4 is 14.8 Å². The number of rotatable bonds is 6. The van der Waals surface area contributed by atoms with Gasteiger partial charge in [0, 0.05) is 11.8 Å². The fraction of sp³-hybridized carbons (Fsp3) is 0.0833. The molecular weight excluding hydrogens is 426 g/mol. The summed E-state index contributed by atoms with van der Waals surface area (Å²) in [5, 5.41) is 22.3. The molecule has 7 nitrogen and oxygen atoms in total. The maximum absolute atomic E-state index is 9.23. The summed E-state index contributed by atoms with van der Waals surface area (Å²) in [4.78, 5) is 9.08. The van der Waals surface area contributed by atoms with Crippen LogP contribution in [0.2, 0.25) is 5.02 Å². The number of aromatic nitrogens is 2. The Morgan fingerprint density at radius 1 is 0.969 bits per heavy atom. The van der Waals surface area contributed by atoms with Crippen LogP contribution >= 0.6 is 11.6 Å². The third kappa shape index (κ3) is 4.39. The Kier molecular flexibility index (Phi) is 6.03. The molecule has 0 aliphatic heterocycles. The summed E-state index contributed by atoms with van der Waals surface area (Å²) < 4.78 is 11.8. The number of anilines is 2. The lowest BCUT2D eigenvalue weighted by molar-refractivity contribution is 0.320. The molecule has 4 rings (SSSR count). The monoisotopic (exact) mass is 441 g/mol. The largest absolute Gasteiger partial charge is 0.490 e. The van der Waals surface area contributed by atoms with Gasteiger partial charge in [-0.1, -0.05) is 23.7 Å². The minimum Gasteiger partial charge on any atom is -0.490 e. The summed E-state index contributed by atoms with van der Waals surface area (Å²) in [5.41, 5.74) is 2.30. The quantitative estimate of drug-likeness (QED) is 0.393. The summed E-state index contributed by atoms with van der Waals surface area (Å²) in [7, 11) is 0. The zero-order valence-corrected chi connectivity index (χ0v) is 17.7. The molecule has 1 heterocycles. The zero-order valence-electron chi connectivity index (χ0n) is 17.0. The van der Waals surface area contributed by atoms with Gasteiger partial charge in [0.15, 0.2) is 11.5 Å². The molecule has 0 bridgehead atoms. The number of para-hydroxylation sites is 1. The van der Waals surface area contributed by atoms with Crippen molar-refractivity contribution >= 4 is 34.1 Å². The van der Waals surface area contributed by atoms with Crippen molar-refractivity contribution in [1.29, 1.82) is 10.5 Å². The Balaban J connectivity index is 1.77. The van der Waals surface area contributed by atoms with E-state index in [1.54, 1.807) is 30.3 Å². The molecule has 1 N–H and O–H groups in total. The summed E-state index contributed by atoms with van der Waals surface area (Å²) >= 11 is 6.41. The highest BCUT2D eigenvalue weighted by atomic mass is 35.5. The summed E-state index contributed by atoms with van der Waals surface area (Å²) in [6.45, 7) is 2.20. The molecule has 8 heteroatoms. The van der Waals surface area contributed by atoms with Crippen molar-refractivity contribution in [3.05, 3.63) is 76.8 Å². The molecule has 0 aliphatic rings. The molecule has 156 valence electrons. The molecule has 0 unspecified atom stereocenters. The van der Waals surface area contributed by atoms with E-state index in [0.717, 1.165) is 5.69 Å².